The number of benzene rings is 1. The van der Waals surface area contributed by atoms with Crippen LogP contribution >= 0.6 is 27.3 Å². The van der Waals surface area contributed by atoms with Gasteiger partial charge in [-0.1, -0.05) is 0 Å². The van der Waals surface area contributed by atoms with E-state index in [1.807, 2.05) is 19.9 Å². The van der Waals surface area contributed by atoms with Crippen molar-refractivity contribution in [1.82, 2.24) is 4.98 Å². The van der Waals surface area contributed by atoms with Crippen LogP contribution < -0.4 is 4.90 Å². The minimum Gasteiger partial charge on any atom is -0.478 e. The number of carboxylic acid groups (broad SMARTS) is 1. The molecule has 0 fully saturated rings. The van der Waals surface area contributed by atoms with Crippen molar-refractivity contribution in [3.63, 3.8) is 0 Å². The van der Waals surface area contributed by atoms with E-state index in [9.17, 15) is 9.90 Å². The summed E-state index contributed by atoms with van der Waals surface area (Å²) in [4.78, 5) is 17.6. The maximum atomic E-state index is 11.4. The molecule has 0 unspecified atom stereocenters. The van der Waals surface area contributed by atoms with E-state index in [0.717, 1.165) is 18.8 Å². The van der Waals surface area contributed by atoms with Gasteiger partial charge in [-0.15, -0.1) is 21.6 Å². The molecule has 8 heteroatoms. The summed E-state index contributed by atoms with van der Waals surface area (Å²) in [6.07, 6.45) is 0. The van der Waals surface area contributed by atoms with Crippen molar-refractivity contribution in [2.24, 2.45) is 10.2 Å². The maximum Gasteiger partial charge on any atom is 0.338 e. The van der Waals surface area contributed by atoms with Gasteiger partial charge < -0.3 is 10.0 Å². The van der Waals surface area contributed by atoms with E-state index in [4.69, 9.17) is 0 Å². The Balaban J connectivity index is 2.35. The second-order valence-electron chi connectivity index (χ2n) is 4.33. The van der Waals surface area contributed by atoms with Gasteiger partial charge in [-0.05, 0) is 48.0 Å². The molecule has 2 aromatic rings. The lowest BCUT2D eigenvalue weighted by Gasteiger charge is -2.21. The number of azo groups is 1. The van der Waals surface area contributed by atoms with Crippen LogP contribution in [0.2, 0.25) is 0 Å². The molecular weight excluding hydrogens is 368 g/mol. The predicted octanol–water partition coefficient (Wildman–Crippen LogP) is 4.87. The highest BCUT2D eigenvalue weighted by Crippen LogP contribution is 2.29. The molecule has 0 amide bonds. The number of halogens is 1. The van der Waals surface area contributed by atoms with Gasteiger partial charge in [0.15, 0.2) is 0 Å². The fourth-order valence-corrected chi connectivity index (χ4v) is 3.02. The summed E-state index contributed by atoms with van der Waals surface area (Å²) in [5, 5.41) is 19.6. The SMILES string of the molecule is CCN(CC)c1ccc(N=Nc2nc(Br)cs2)c(C(=O)O)c1. The topological polar surface area (TPSA) is 78.2 Å². The first-order chi connectivity index (χ1) is 10.5. The number of rotatable bonds is 6. The molecule has 0 saturated carbocycles. The van der Waals surface area contributed by atoms with Gasteiger partial charge in [0, 0.05) is 24.2 Å². The number of aromatic nitrogens is 1. The average Bonchev–Trinajstić information content (AvgIpc) is 2.92. The second-order valence-corrected chi connectivity index (χ2v) is 5.98. The van der Waals surface area contributed by atoms with Gasteiger partial charge in [-0.2, -0.15) is 0 Å². The zero-order valence-corrected chi connectivity index (χ0v) is 14.6. The summed E-state index contributed by atoms with van der Waals surface area (Å²) in [5.41, 5.74) is 1.30. The van der Waals surface area contributed by atoms with E-state index in [0.29, 0.717) is 15.4 Å². The fraction of sp³-hybridized carbons (Fsp3) is 0.286. The lowest BCUT2D eigenvalue weighted by atomic mass is 10.1. The predicted molar refractivity (Wildman–Crippen MR) is 91.0 cm³/mol. The van der Waals surface area contributed by atoms with E-state index in [-0.39, 0.29) is 5.56 Å². The van der Waals surface area contributed by atoms with Crippen molar-refractivity contribution >= 4 is 49.7 Å². The first kappa shape index (κ1) is 16.6. The Hall–Kier alpha value is -1.80. The number of aromatic carboxylic acids is 1. The molecule has 0 saturated heterocycles. The van der Waals surface area contributed by atoms with Crippen LogP contribution in [0.3, 0.4) is 0 Å². The van der Waals surface area contributed by atoms with Gasteiger partial charge >= 0.3 is 5.97 Å². The monoisotopic (exact) mass is 382 g/mol. The molecule has 116 valence electrons. The zero-order chi connectivity index (χ0) is 16.1. The largest absolute Gasteiger partial charge is 0.478 e. The highest BCUT2D eigenvalue weighted by atomic mass is 79.9. The van der Waals surface area contributed by atoms with Gasteiger partial charge in [0.25, 0.3) is 0 Å². The Morgan fingerprint density at radius 3 is 2.64 bits per heavy atom. The maximum absolute atomic E-state index is 11.4. The van der Waals surface area contributed by atoms with Crippen LogP contribution in [0, 0.1) is 0 Å². The Morgan fingerprint density at radius 1 is 1.36 bits per heavy atom. The molecule has 1 heterocycles. The first-order valence-corrected chi connectivity index (χ1v) is 8.37. The van der Waals surface area contributed by atoms with Gasteiger partial charge in [0.2, 0.25) is 5.13 Å². The van der Waals surface area contributed by atoms with Crippen molar-refractivity contribution in [1.29, 1.82) is 0 Å². The number of hydrogen-bond acceptors (Lipinski definition) is 6. The minimum atomic E-state index is -1.02. The van der Waals surface area contributed by atoms with E-state index in [2.05, 4.69) is 36.0 Å². The number of nitrogens with zero attached hydrogens (tertiary/aromatic N) is 4. The lowest BCUT2D eigenvalue weighted by Crippen LogP contribution is -2.22. The van der Waals surface area contributed by atoms with E-state index in [1.165, 1.54) is 11.3 Å². The van der Waals surface area contributed by atoms with Crippen LogP contribution in [0.5, 0.6) is 0 Å². The third kappa shape index (κ3) is 3.89. The molecule has 22 heavy (non-hydrogen) atoms. The molecule has 0 bridgehead atoms. The lowest BCUT2D eigenvalue weighted by molar-refractivity contribution is 0.0698. The number of hydrogen-bond donors (Lipinski definition) is 1. The Bertz CT molecular complexity index is 698. The first-order valence-electron chi connectivity index (χ1n) is 6.70. The number of anilines is 1. The van der Waals surface area contributed by atoms with Crippen molar-refractivity contribution in [3.05, 3.63) is 33.7 Å². The molecule has 0 spiro atoms. The number of thiazole rings is 1. The summed E-state index contributed by atoms with van der Waals surface area (Å²) < 4.78 is 0.682. The van der Waals surface area contributed by atoms with Gasteiger partial charge in [-0.3, -0.25) is 0 Å². The second kappa shape index (κ2) is 7.46. The molecular formula is C14H15BrN4O2S. The standard InChI is InChI=1S/C14H15BrN4O2S/c1-3-19(4-2)9-5-6-11(10(7-9)13(20)21)17-18-14-16-12(15)8-22-14/h5-8H,3-4H2,1-2H3,(H,20,21). The van der Waals surface area contributed by atoms with Gasteiger partial charge in [0.1, 0.15) is 10.3 Å². The van der Waals surface area contributed by atoms with Crippen LogP contribution in [-0.4, -0.2) is 29.1 Å². The van der Waals surface area contributed by atoms with E-state index >= 15 is 0 Å². The van der Waals surface area contributed by atoms with Gasteiger partial charge in [-0.25, -0.2) is 9.78 Å². The van der Waals surface area contributed by atoms with Crippen molar-refractivity contribution in [2.75, 3.05) is 18.0 Å². The van der Waals surface area contributed by atoms with E-state index < -0.39 is 5.97 Å². The summed E-state index contributed by atoms with van der Waals surface area (Å²) in [6, 6.07) is 5.15. The normalized spacial score (nSPS) is 11.0. The number of carbonyl (C=O) groups is 1. The molecule has 6 nitrogen and oxygen atoms in total. The van der Waals surface area contributed by atoms with Crippen LogP contribution in [0.1, 0.15) is 24.2 Å². The Morgan fingerprint density at radius 2 is 2.09 bits per heavy atom. The molecule has 1 aromatic heterocycles. The molecule has 0 aliphatic heterocycles. The molecule has 1 aromatic carbocycles. The summed E-state index contributed by atoms with van der Waals surface area (Å²) in [6.45, 7) is 5.67. The van der Waals surface area contributed by atoms with Crippen LogP contribution in [0.15, 0.2) is 38.4 Å². The highest BCUT2D eigenvalue weighted by Gasteiger charge is 2.13. The molecule has 0 aliphatic rings. The van der Waals surface area contributed by atoms with Gasteiger partial charge in [0.05, 0.1) is 5.56 Å². The third-order valence-electron chi connectivity index (χ3n) is 3.05. The molecule has 0 aliphatic carbocycles. The molecule has 0 radical (unpaired) electrons. The molecule has 0 atom stereocenters. The highest BCUT2D eigenvalue weighted by molar-refractivity contribution is 9.10. The van der Waals surface area contributed by atoms with Crippen molar-refractivity contribution in [2.45, 2.75) is 13.8 Å². The van der Waals surface area contributed by atoms with Crippen LogP contribution in [0.25, 0.3) is 0 Å². The van der Waals surface area contributed by atoms with Crippen LogP contribution in [-0.2, 0) is 0 Å². The molecule has 1 N–H and O–H groups in total. The Kier molecular flexibility index (Phi) is 5.62. The fourth-order valence-electron chi connectivity index (χ4n) is 1.96. The van der Waals surface area contributed by atoms with E-state index in [1.54, 1.807) is 17.5 Å². The van der Waals surface area contributed by atoms with Crippen LogP contribution in [0.4, 0.5) is 16.5 Å². The minimum absolute atomic E-state index is 0.128. The summed E-state index contributed by atoms with van der Waals surface area (Å²) in [5.74, 6) is -1.02. The summed E-state index contributed by atoms with van der Waals surface area (Å²) >= 11 is 4.56. The third-order valence-corrected chi connectivity index (χ3v) is 4.48. The Labute approximate surface area is 140 Å². The zero-order valence-electron chi connectivity index (χ0n) is 12.2. The molecule has 2 rings (SSSR count). The summed E-state index contributed by atoms with van der Waals surface area (Å²) in [7, 11) is 0. The smallest absolute Gasteiger partial charge is 0.338 e. The quantitative estimate of drug-likeness (QED) is 0.723. The average molecular weight is 383 g/mol. The number of carboxylic acids is 1. The van der Waals surface area contributed by atoms with Crippen molar-refractivity contribution < 1.29 is 9.90 Å². The van der Waals surface area contributed by atoms with Crippen molar-refractivity contribution in [3.8, 4) is 0 Å².